The van der Waals surface area contributed by atoms with Gasteiger partial charge in [0.25, 0.3) is 0 Å². The number of hydrogen-bond acceptors (Lipinski definition) is 9. The number of rotatable bonds is 10. The van der Waals surface area contributed by atoms with E-state index in [0.29, 0.717) is 39.4 Å². The van der Waals surface area contributed by atoms with Gasteiger partial charge in [-0.05, 0) is 67.2 Å². The van der Waals surface area contributed by atoms with Crippen molar-refractivity contribution in [1.82, 2.24) is 14.9 Å². The van der Waals surface area contributed by atoms with E-state index in [-0.39, 0.29) is 11.1 Å². The minimum atomic E-state index is -1.11. The molecule has 2 amide bonds. The average Bonchev–Trinajstić information content (AvgIpc) is 3.75. The molecule has 1 saturated heterocycles. The molecule has 6 rings (SSSR count). The molecule has 0 radical (unpaired) electrons. The Morgan fingerprint density at radius 2 is 1.69 bits per heavy atom. The number of aromatic nitrogens is 2. The van der Waals surface area contributed by atoms with Gasteiger partial charge in [-0.1, -0.05) is 45.0 Å². The average molecular weight is 667 g/mol. The lowest BCUT2D eigenvalue weighted by molar-refractivity contribution is 0.0691. The van der Waals surface area contributed by atoms with Gasteiger partial charge in [-0.3, -0.25) is 9.88 Å². The molecular formula is C36H38N6O5S. The van der Waals surface area contributed by atoms with E-state index in [2.05, 4.69) is 51.6 Å². The molecule has 1 fully saturated rings. The number of aromatic carboxylic acids is 1. The van der Waals surface area contributed by atoms with Crippen LogP contribution in [-0.2, 0) is 12.0 Å². The van der Waals surface area contributed by atoms with Crippen molar-refractivity contribution in [3.63, 3.8) is 0 Å². The normalized spacial score (nSPS) is 13.3. The lowest BCUT2D eigenvalue weighted by Gasteiger charge is -2.24. The number of likely N-dealkylation sites (tertiary alicyclic amines) is 1. The number of carboxylic acid groups (broad SMARTS) is 1. The van der Waals surface area contributed by atoms with E-state index in [4.69, 9.17) is 9.47 Å². The standard InChI is InChI=1S/C36H38N6O5S/c1-36(2,3)22-17-28(32(46-4)29(18-22)40-35-41-30(21-48-35)33(43)44)39-34(45)38-27-11-12-31(26-10-6-5-9-25(26)27)47-24-13-14-37-23(19-24)20-42-15-7-8-16-42/h5-6,9-14,17-19,21H,7-8,15-16,20H2,1-4H3,(H,40,41)(H,43,44)(H2,38,39,45). The minimum absolute atomic E-state index is 0.0575. The first-order valence-electron chi connectivity index (χ1n) is 15.7. The Hall–Kier alpha value is -5.20. The number of nitrogens with one attached hydrogen (secondary N) is 3. The number of anilines is 4. The number of ether oxygens (including phenoxy) is 2. The van der Waals surface area contributed by atoms with Crippen molar-refractivity contribution in [1.29, 1.82) is 0 Å². The summed E-state index contributed by atoms with van der Waals surface area (Å²) in [7, 11) is 1.51. The van der Waals surface area contributed by atoms with Crippen LogP contribution in [0.2, 0.25) is 0 Å². The van der Waals surface area contributed by atoms with Gasteiger partial charge in [-0.2, -0.15) is 0 Å². The number of amides is 2. The molecule has 0 spiro atoms. The molecule has 0 bridgehead atoms. The van der Waals surface area contributed by atoms with Crippen LogP contribution in [0.4, 0.5) is 27.0 Å². The lowest BCUT2D eigenvalue weighted by atomic mass is 9.86. The van der Waals surface area contributed by atoms with Gasteiger partial charge in [0.2, 0.25) is 0 Å². The Morgan fingerprint density at radius 3 is 2.40 bits per heavy atom. The van der Waals surface area contributed by atoms with E-state index < -0.39 is 12.0 Å². The van der Waals surface area contributed by atoms with Crippen LogP contribution in [0.25, 0.3) is 10.8 Å². The Kier molecular flexibility index (Phi) is 9.47. The van der Waals surface area contributed by atoms with Crippen LogP contribution in [0.1, 0.15) is 55.4 Å². The summed E-state index contributed by atoms with van der Waals surface area (Å²) in [5.41, 5.74) is 3.13. The molecule has 12 heteroatoms. The summed E-state index contributed by atoms with van der Waals surface area (Å²) >= 11 is 1.16. The number of carboxylic acids is 1. The number of benzene rings is 3. The lowest BCUT2D eigenvalue weighted by Crippen LogP contribution is -2.21. The fourth-order valence-corrected chi connectivity index (χ4v) is 6.36. The highest BCUT2D eigenvalue weighted by Gasteiger charge is 2.22. The molecule has 248 valence electrons. The number of hydrogen-bond donors (Lipinski definition) is 4. The Balaban J connectivity index is 1.24. The molecule has 11 nitrogen and oxygen atoms in total. The number of nitrogens with zero attached hydrogens (tertiary/aromatic N) is 3. The molecule has 3 aromatic carbocycles. The van der Waals surface area contributed by atoms with Gasteiger partial charge in [-0.25, -0.2) is 14.6 Å². The van der Waals surface area contributed by atoms with Crippen LogP contribution in [0, 0.1) is 0 Å². The number of thiazole rings is 1. The number of carbonyl (C=O) groups is 2. The van der Waals surface area contributed by atoms with Gasteiger partial charge in [0.1, 0.15) is 11.5 Å². The second-order valence-corrected chi connectivity index (χ2v) is 13.5. The summed E-state index contributed by atoms with van der Waals surface area (Å²) in [6.07, 6.45) is 4.22. The molecule has 0 atom stereocenters. The van der Waals surface area contributed by atoms with Crippen LogP contribution < -0.4 is 25.4 Å². The molecule has 2 aromatic heterocycles. The first-order chi connectivity index (χ1) is 23.1. The van der Waals surface area contributed by atoms with E-state index in [0.717, 1.165) is 53.0 Å². The van der Waals surface area contributed by atoms with Crippen molar-refractivity contribution in [2.75, 3.05) is 36.1 Å². The second-order valence-electron chi connectivity index (χ2n) is 12.6. The molecule has 5 aromatic rings. The fourth-order valence-electron chi connectivity index (χ4n) is 5.66. The topological polar surface area (TPSA) is 138 Å². The molecule has 0 aliphatic carbocycles. The Morgan fingerprint density at radius 1 is 0.958 bits per heavy atom. The molecule has 4 N–H and O–H groups in total. The highest BCUT2D eigenvalue weighted by Crippen LogP contribution is 2.41. The van der Waals surface area contributed by atoms with Gasteiger partial charge >= 0.3 is 12.0 Å². The number of urea groups is 1. The molecule has 0 unspecified atom stereocenters. The molecule has 1 aliphatic rings. The predicted octanol–water partition coefficient (Wildman–Crippen LogP) is 8.47. The Labute approximate surface area is 282 Å². The molecule has 0 saturated carbocycles. The maximum absolute atomic E-state index is 13.5. The Bertz CT molecular complexity index is 1960. The third-order valence-corrected chi connectivity index (χ3v) is 8.86. The SMILES string of the molecule is COc1c(NC(=O)Nc2ccc(Oc3ccnc(CN4CCCC4)c3)c3ccccc23)cc(C(C)(C)C)cc1Nc1nc(C(=O)O)cs1. The van der Waals surface area contributed by atoms with Crippen LogP contribution in [0.3, 0.4) is 0 Å². The summed E-state index contributed by atoms with van der Waals surface area (Å²) in [6, 6.07) is 18.6. The predicted molar refractivity (Wildman–Crippen MR) is 189 cm³/mol. The second kappa shape index (κ2) is 13.9. The summed E-state index contributed by atoms with van der Waals surface area (Å²) < 4.78 is 12.1. The van der Waals surface area contributed by atoms with Crippen LogP contribution in [0.15, 0.2) is 72.2 Å². The highest BCUT2D eigenvalue weighted by molar-refractivity contribution is 7.14. The maximum Gasteiger partial charge on any atom is 0.355 e. The third-order valence-electron chi connectivity index (χ3n) is 8.10. The smallest absolute Gasteiger partial charge is 0.355 e. The van der Waals surface area contributed by atoms with Gasteiger partial charge in [-0.15, -0.1) is 11.3 Å². The third kappa shape index (κ3) is 7.50. The molecule has 48 heavy (non-hydrogen) atoms. The number of methoxy groups -OCH3 is 1. The van der Waals surface area contributed by atoms with Gasteiger partial charge in [0, 0.05) is 35.0 Å². The zero-order valence-electron chi connectivity index (χ0n) is 27.3. The fraction of sp³-hybridized carbons (Fsp3) is 0.278. The van der Waals surface area contributed by atoms with Crippen LogP contribution >= 0.6 is 11.3 Å². The zero-order chi connectivity index (χ0) is 33.8. The van der Waals surface area contributed by atoms with Crippen molar-refractivity contribution in [2.45, 2.75) is 45.6 Å². The van der Waals surface area contributed by atoms with Gasteiger partial charge in [0.15, 0.2) is 16.6 Å². The first-order valence-corrected chi connectivity index (χ1v) is 16.6. The summed E-state index contributed by atoms with van der Waals surface area (Å²) in [5, 5.41) is 21.9. The summed E-state index contributed by atoms with van der Waals surface area (Å²) in [6.45, 7) is 9.16. The van der Waals surface area contributed by atoms with Gasteiger partial charge in [0.05, 0.1) is 29.9 Å². The van der Waals surface area contributed by atoms with Crippen molar-refractivity contribution < 1.29 is 24.2 Å². The number of pyridine rings is 1. The van der Waals surface area contributed by atoms with E-state index >= 15 is 0 Å². The first kappa shape index (κ1) is 32.7. The quantitative estimate of drug-likeness (QED) is 0.116. The van der Waals surface area contributed by atoms with E-state index in [1.165, 1.54) is 25.3 Å². The molecule has 3 heterocycles. The monoisotopic (exact) mass is 666 g/mol. The largest absolute Gasteiger partial charge is 0.492 e. The van der Waals surface area contributed by atoms with Crippen molar-refractivity contribution in [2.24, 2.45) is 0 Å². The number of fused-ring (bicyclic) bond motifs is 1. The van der Waals surface area contributed by atoms with E-state index in [1.54, 1.807) is 6.20 Å². The summed E-state index contributed by atoms with van der Waals surface area (Å²) in [5.74, 6) is 0.633. The van der Waals surface area contributed by atoms with Crippen molar-refractivity contribution in [3.8, 4) is 17.2 Å². The van der Waals surface area contributed by atoms with Crippen molar-refractivity contribution in [3.05, 3.63) is 89.2 Å². The van der Waals surface area contributed by atoms with Crippen molar-refractivity contribution >= 4 is 56.3 Å². The zero-order valence-corrected chi connectivity index (χ0v) is 28.1. The summed E-state index contributed by atoms with van der Waals surface area (Å²) in [4.78, 5) is 36.0. The highest BCUT2D eigenvalue weighted by atomic mass is 32.1. The van der Waals surface area contributed by atoms with Crippen LogP contribution in [-0.4, -0.2) is 52.2 Å². The van der Waals surface area contributed by atoms with E-state index in [1.807, 2.05) is 60.7 Å². The minimum Gasteiger partial charge on any atom is -0.492 e. The number of carbonyl (C=O) groups excluding carboxylic acids is 1. The molecule has 1 aliphatic heterocycles. The van der Waals surface area contributed by atoms with Gasteiger partial charge < -0.3 is 30.5 Å². The van der Waals surface area contributed by atoms with Crippen LogP contribution in [0.5, 0.6) is 17.2 Å². The molecular weight excluding hydrogens is 629 g/mol. The maximum atomic E-state index is 13.5. The van der Waals surface area contributed by atoms with E-state index in [9.17, 15) is 14.7 Å².